The molecule has 0 heterocycles. The normalized spacial score (nSPS) is 11.4. The van der Waals surface area contributed by atoms with Crippen molar-refractivity contribution in [3.63, 3.8) is 0 Å². The van der Waals surface area contributed by atoms with Gasteiger partial charge in [-0.25, -0.2) is 0 Å². The van der Waals surface area contributed by atoms with E-state index in [0.717, 1.165) is 35.4 Å². The van der Waals surface area contributed by atoms with Crippen LogP contribution in [0.1, 0.15) is 0 Å². The fraction of sp³-hybridized carbons (Fsp3) is 0.0769. The standard InChI is InChI=1S/C12H10O8S2.C12H10O2.2CH4O3S/c13-9-3-1-7(5-11(9)21(15,16)17)8-2-4-10(14)12(6-8)22(18,19)20;13-11-5-1-9(2-6-11)10-3-7-12(14)8-4-10;2*1-5(2,3)4/h1-6,13-14H,(H,15,16,17)(H,18,19,20);1-8,13-14H;2*1H3,(H,2,3,4). The molecular formula is C26H28O16S4. The summed E-state index contributed by atoms with van der Waals surface area (Å²) in [5, 5.41) is 37.1. The first-order chi connectivity index (χ1) is 20.8. The molecule has 46 heavy (non-hydrogen) atoms. The van der Waals surface area contributed by atoms with Gasteiger partial charge in [0.15, 0.2) is 0 Å². The molecule has 8 N–H and O–H groups in total. The summed E-state index contributed by atoms with van der Waals surface area (Å²) in [4.78, 5) is -1.52. The van der Waals surface area contributed by atoms with Gasteiger partial charge in [0.05, 0.1) is 12.5 Å². The van der Waals surface area contributed by atoms with Crippen LogP contribution in [0.4, 0.5) is 0 Å². The van der Waals surface area contributed by atoms with Gasteiger partial charge in [0.2, 0.25) is 0 Å². The molecule has 0 bridgehead atoms. The monoisotopic (exact) mass is 724 g/mol. The highest BCUT2D eigenvalue weighted by Gasteiger charge is 2.19. The van der Waals surface area contributed by atoms with Crippen molar-refractivity contribution >= 4 is 40.5 Å². The summed E-state index contributed by atoms with van der Waals surface area (Å²) in [7, 11) is -16.7. The highest BCUT2D eigenvalue weighted by atomic mass is 32.2. The van der Waals surface area contributed by atoms with Crippen LogP contribution >= 0.6 is 0 Å². The fourth-order valence-electron chi connectivity index (χ4n) is 3.11. The van der Waals surface area contributed by atoms with Gasteiger partial charge < -0.3 is 20.4 Å². The van der Waals surface area contributed by atoms with Crippen molar-refractivity contribution in [3.05, 3.63) is 84.9 Å². The largest absolute Gasteiger partial charge is 0.508 e. The van der Waals surface area contributed by atoms with E-state index in [1.165, 1.54) is 12.1 Å². The zero-order valence-corrected chi connectivity index (χ0v) is 26.8. The predicted molar refractivity (Wildman–Crippen MR) is 165 cm³/mol. The van der Waals surface area contributed by atoms with Crippen LogP contribution < -0.4 is 0 Å². The smallest absolute Gasteiger partial charge is 0.298 e. The molecule has 0 saturated carbocycles. The Kier molecular flexibility index (Phi) is 13.7. The lowest BCUT2D eigenvalue weighted by atomic mass is 10.1. The maximum atomic E-state index is 11.1. The summed E-state index contributed by atoms with van der Waals surface area (Å²) >= 11 is 0. The third-order valence-corrected chi connectivity index (χ3v) is 6.64. The number of phenols is 4. The summed E-state index contributed by atoms with van der Waals surface area (Å²) in [5.41, 5.74) is 2.30. The molecule has 0 aliphatic heterocycles. The zero-order valence-electron chi connectivity index (χ0n) is 23.6. The molecule has 0 atom stereocenters. The van der Waals surface area contributed by atoms with Crippen molar-refractivity contribution in [2.24, 2.45) is 0 Å². The summed E-state index contributed by atoms with van der Waals surface area (Å²) in [5.74, 6) is -0.847. The van der Waals surface area contributed by atoms with E-state index in [4.69, 9.17) is 28.4 Å². The molecule has 252 valence electrons. The van der Waals surface area contributed by atoms with Gasteiger partial charge in [-0.2, -0.15) is 33.7 Å². The molecule has 4 aromatic rings. The Bertz CT molecular complexity index is 1910. The predicted octanol–water partition coefficient (Wildman–Crippen LogP) is 3.03. The molecule has 4 aromatic carbocycles. The van der Waals surface area contributed by atoms with Gasteiger partial charge >= 0.3 is 0 Å². The summed E-state index contributed by atoms with van der Waals surface area (Å²) in [6.45, 7) is 0. The van der Waals surface area contributed by atoms with Gasteiger partial charge in [-0.1, -0.05) is 36.4 Å². The average Bonchev–Trinajstić information content (AvgIpc) is 2.87. The third kappa shape index (κ3) is 15.6. The van der Waals surface area contributed by atoms with E-state index in [0.29, 0.717) is 12.5 Å². The minimum absolute atomic E-state index is 0.135. The second-order valence-corrected chi connectivity index (χ2v) is 14.6. The van der Waals surface area contributed by atoms with E-state index in [-0.39, 0.29) is 22.6 Å². The number of phenolic OH excluding ortho intramolecular Hbond substituents is 4. The summed E-state index contributed by atoms with van der Waals surface area (Å²) in [6, 6.07) is 20.3. The lowest BCUT2D eigenvalue weighted by molar-refractivity contribution is 0.441. The number of hydrogen-bond acceptors (Lipinski definition) is 12. The molecule has 0 spiro atoms. The minimum atomic E-state index is -4.68. The quantitative estimate of drug-likeness (QED) is 0.140. The fourth-order valence-corrected chi connectivity index (χ4v) is 4.32. The molecule has 16 nitrogen and oxygen atoms in total. The van der Waals surface area contributed by atoms with Crippen molar-refractivity contribution in [1.29, 1.82) is 0 Å². The van der Waals surface area contributed by atoms with Crippen molar-refractivity contribution in [2.45, 2.75) is 9.79 Å². The van der Waals surface area contributed by atoms with Crippen LogP contribution in [-0.2, 0) is 40.5 Å². The Labute approximate surface area is 264 Å². The summed E-state index contributed by atoms with van der Waals surface area (Å²) in [6.07, 6.45) is 1.43. The van der Waals surface area contributed by atoms with Crippen LogP contribution in [0.15, 0.2) is 94.7 Å². The second-order valence-electron chi connectivity index (χ2n) is 8.87. The van der Waals surface area contributed by atoms with Crippen molar-refractivity contribution in [2.75, 3.05) is 12.5 Å². The van der Waals surface area contributed by atoms with Crippen molar-refractivity contribution in [3.8, 4) is 45.3 Å². The van der Waals surface area contributed by atoms with Gasteiger partial charge in [0.25, 0.3) is 40.5 Å². The van der Waals surface area contributed by atoms with E-state index in [1.807, 2.05) is 24.3 Å². The molecule has 0 amide bonds. The first-order valence-corrected chi connectivity index (χ1v) is 18.4. The maximum absolute atomic E-state index is 11.1. The summed E-state index contributed by atoms with van der Waals surface area (Å²) < 4.78 is 114. The Hall–Kier alpha value is -4.28. The molecule has 0 saturated heterocycles. The second kappa shape index (κ2) is 15.8. The van der Waals surface area contributed by atoms with Crippen LogP contribution in [-0.4, -0.2) is 84.8 Å². The molecular weight excluding hydrogens is 697 g/mol. The number of benzene rings is 4. The number of aromatic hydroxyl groups is 4. The van der Waals surface area contributed by atoms with Gasteiger partial charge in [0, 0.05) is 0 Å². The van der Waals surface area contributed by atoms with Crippen LogP contribution in [0.25, 0.3) is 22.3 Å². The van der Waals surface area contributed by atoms with Crippen LogP contribution in [0, 0.1) is 0 Å². The highest BCUT2D eigenvalue weighted by molar-refractivity contribution is 7.86. The van der Waals surface area contributed by atoms with Gasteiger partial charge in [-0.3, -0.25) is 18.2 Å². The first kappa shape index (κ1) is 39.7. The molecule has 20 heteroatoms. The Balaban J connectivity index is 0.000000373. The first-order valence-electron chi connectivity index (χ1n) is 11.8. The van der Waals surface area contributed by atoms with E-state index in [2.05, 4.69) is 0 Å². The van der Waals surface area contributed by atoms with Gasteiger partial charge in [0.1, 0.15) is 32.8 Å². The van der Waals surface area contributed by atoms with Crippen molar-refractivity contribution < 1.29 is 72.3 Å². The van der Waals surface area contributed by atoms with E-state index < -0.39 is 61.8 Å². The molecule has 4 rings (SSSR count). The molecule has 0 aromatic heterocycles. The molecule has 0 aliphatic carbocycles. The van der Waals surface area contributed by atoms with E-state index in [1.54, 1.807) is 24.3 Å². The maximum Gasteiger partial charge on any atom is 0.298 e. The van der Waals surface area contributed by atoms with E-state index in [9.17, 15) is 43.9 Å². The average molecular weight is 725 g/mol. The third-order valence-electron chi connectivity index (χ3n) is 4.88. The topological polar surface area (TPSA) is 298 Å². The molecule has 0 radical (unpaired) electrons. The molecule has 0 unspecified atom stereocenters. The number of hydrogen-bond donors (Lipinski definition) is 8. The number of rotatable bonds is 4. The SMILES string of the molecule is CS(=O)(=O)O.CS(=O)(=O)O.O=S(=O)(O)c1cc(-c2ccc(O)c(S(=O)(=O)O)c2)ccc1O.Oc1ccc(-c2ccc(O)cc2)cc1. The molecule has 0 aliphatic rings. The Morgan fingerprint density at radius 2 is 0.609 bits per heavy atom. The Morgan fingerprint density at radius 3 is 0.826 bits per heavy atom. The van der Waals surface area contributed by atoms with Crippen molar-refractivity contribution in [1.82, 2.24) is 0 Å². The minimum Gasteiger partial charge on any atom is -0.508 e. The van der Waals surface area contributed by atoms with Gasteiger partial charge in [-0.05, 0) is 70.8 Å². The van der Waals surface area contributed by atoms with Crippen LogP contribution in [0.3, 0.4) is 0 Å². The van der Waals surface area contributed by atoms with Crippen LogP contribution in [0.2, 0.25) is 0 Å². The van der Waals surface area contributed by atoms with Crippen LogP contribution in [0.5, 0.6) is 23.0 Å². The highest BCUT2D eigenvalue weighted by Crippen LogP contribution is 2.33. The lowest BCUT2D eigenvalue weighted by Crippen LogP contribution is -2.00. The van der Waals surface area contributed by atoms with Gasteiger partial charge in [-0.15, -0.1) is 0 Å². The zero-order chi connectivity index (χ0) is 35.7. The lowest BCUT2D eigenvalue weighted by Gasteiger charge is -2.08. The Morgan fingerprint density at radius 1 is 0.391 bits per heavy atom. The van der Waals surface area contributed by atoms with E-state index >= 15 is 0 Å². The molecule has 0 fully saturated rings.